The van der Waals surface area contributed by atoms with Gasteiger partial charge in [0.05, 0.1) is 0 Å². The predicted molar refractivity (Wildman–Crippen MR) is 40.9 cm³/mol. The van der Waals surface area contributed by atoms with E-state index in [1.165, 1.54) is 6.08 Å². The van der Waals surface area contributed by atoms with Crippen LogP contribution in [0.3, 0.4) is 0 Å². The Bertz CT molecular complexity index is 183. The third-order valence-corrected chi connectivity index (χ3v) is 1.01. The average molecular weight is 158 g/mol. The summed E-state index contributed by atoms with van der Waals surface area (Å²) in [5.41, 5.74) is 0. The van der Waals surface area contributed by atoms with Crippen LogP contribution in [-0.2, 0) is 4.79 Å². The number of halogens is 1. The quantitative estimate of drug-likeness (QED) is 0.503. The Morgan fingerprint density at radius 3 is 2.64 bits per heavy atom. The van der Waals surface area contributed by atoms with Crippen LogP contribution < -0.4 is 0 Å². The second-order valence-electron chi connectivity index (χ2n) is 2.05. The first kappa shape index (κ1) is 9.88. The van der Waals surface area contributed by atoms with Crippen LogP contribution in [0.15, 0.2) is 24.1 Å². The average Bonchev–Trinajstić information content (AvgIpc) is 1.97. The van der Waals surface area contributed by atoms with Gasteiger partial charge in [0.25, 0.3) is 0 Å². The monoisotopic (exact) mass is 158 g/mol. The lowest BCUT2D eigenvalue weighted by molar-refractivity contribution is -0.131. The number of carbonyl (C=O) groups is 1. The van der Waals surface area contributed by atoms with Gasteiger partial charge in [-0.25, -0.2) is 9.18 Å². The molecule has 0 saturated heterocycles. The number of carboxylic acids is 1. The smallest absolute Gasteiger partial charge is 0.328 e. The van der Waals surface area contributed by atoms with E-state index in [1.807, 2.05) is 6.92 Å². The summed E-state index contributed by atoms with van der Waals surface area (Å²) in [6.07, 6.45) is 4.57. The molecule has 1 N–H and O–H groups in total. The molecule has 0 unspecified atom stereocenters. The van der Waals surface area contributed by atoms with Crippen molar-refractivity contribution in [1.82, 2.24) is 0 Å². The number of hydrogen-bond acceptors (Lipinski definition) is 1. The Hall–Kier alpha value is -1.12. The van der Waals surface area contributed by atoms with E-state index in [1.54, 1.807) is 0 Å². The van der Waals surface area contributed by atoms with Gasteiger partial charge in [0.15, 0.2) is 0 Å². The van der Waals surface area contributed by atoms with Crippen molar-refractivity contribution in [3.8, 4) is 0 Å². The Morgan fingerprint density at radius 1 is 1.55 bits per heavy atom. The highest BCUT2D eigenvalue weighted by Gasteiger charge is 1.88. The van der Waals surface area contributed by atoms with Crippen LogP contribution in [0, 0.1) is 0 Å². The molecule has 0 spiro atoms. The zero-order valence-corrected chi connectivity index (χ0v) is 6.38. The summed E-state index contributed by atoms with van der Waals surface area (Å²) in [6, 6.07) is 0. The fraction of sp³-hybridized carbons (Fsp3) is 0.375. The van der Waals surface area contributed by atoms with Crippen LogP contribution in [-0.4, -0.2) is 11.1 Å². The second kappa shape index (κ2) is 5.65. The second-order valence-corrected chi connectivity index (χ2v) is 2.05. The number of carboxylic acid groups (broad SMARTS) is 1. The van der Waals surface area contributed by atoms with Crippen molar-refractivity contribution in [3.63, 3.8) is 0 Å². The molecule has 0 fully saturated rings. The predicted octanol–water partition coefficient (Wildman–Crippen LogP) is 2.28. The van der Waals surface area contributed by atoms with Gasteiger partial charge in [0.1, 0.15) is 5.83 Å². The Morgan fingerprint density at radius 2 is 2.18 bits per heavy atom. The van der Waals surface area contributed by atoms with Gasteiger partial charge < -0.3 is 5.11 Å². The van der Waals surface area contributed by atoms with Crippen molar-refractivity contribution in [2.75, 3.05) is 0 Å². The maximum absolute atomic E-state index is 12.5. The van der Waals surface area contributed by atoms with Gasteiger partial charge >= 0.3 is 5.97 Å². The van der Waals surface area contributed by atoms with Gasteiger partial charge in [-0.2, -0.15) is 0 Å². The van der Waals surface area contributed by atoms with Gasteiger partial charge in [0, 0.05) is 6.08 Å². The first-order valence-corrected chi connectivity index (χ1v) is 3.43. The highest BCUT2D eigenvalue weighted by molar-refractivity contribution is 5.80. The van der Waals surface area contributed by atoms with Crippen LogP contribution in [0.4, 0.5) is 4.39 Å². The fourth-order valence-corrected chi connectivity index (χ4v) is 0.501. The van der Waals surface area contributed by atoms with E-state index in [-0.39, 0.29) is 0 Å². The lowest BCUT2D eigenvalue weighted by atomic mass is 10.3. The summed E-state index contributed by atoms with van der Waals surface area (Å²) < 4.78 is 12.5. The van der Waals surface area contributed by atoms with Crippen molar-refractivity contribution in [3.05, 3.63) is 24.1 Å². The molecule has 0 saturated carbocycles. The topological polar surface area (TPSA) is 37.3 Å². The molecule has 0 heterocycles. The van der Waals surface area contributed by atoms with Gasteiger partial charge in [0.2, 0.25) is 0 Å². The fourth-order valence-electron chi connectivity index (χ4n) is 0.501. The van der Waals surface area contributed by atoms with Crippen molar-refractivity contribution in [2.24, 2.45) is 0 Å². The lowest BCUT2D eigenvalue weighted by Crippen LogP contribution is -1.85. The molecule has 62 valence electrons. The molecule has 0 radical (unpaired) electrons. The SMILES string of the molecule is CCC/C=C(F)/C=C/C(=O)O. The molecule has 0 aliphatic rings. The molecule has 0 amide bonds. The maximum atomic E-state index is 12.5. The summed E-state index contributed by atoms with van der Waals surface area (Å²) >= 11 is 0. The molecular weight excluding hydrogens is 147 g/mol. The molecule has 11 heavy (non-hydrogen) atoms. The molecule has 0 bridgehead atoms. The zero-order chi connectivity index (χ0) is 8.69. The minimum atomic E-state index is -1.13. The highest BCUT2D eigenvalue weighted by atomic mass is 19.1. The van der Waals surface area contributed by atoms with Gasteiger partial charge in [-0.05, 0) is 18.6 Å². The summed E-state index contributed by atoms with van der Waals surface area (Å²) in [7, 11) is 0. The summed E-state index contributed by atoms with van der Waals surface area (Å²) in [5.74, 6) is -1.63. The summed E-state index contributed by atoms with van der Waals surface area (Å²) in [5, 5.41) is 8.11. The first-order valence-electron chi connectivity index (χ1n) is 3.43. The Balaban J connectivity index is 3.84. The van der Waals surface area contributed by atoms with Gasteiger partial charge in [-0.3, -0.25) is 0 Å². The molecule has 0 aromatic rings. The largest absolute Gasteiger partial charge is 0.478 e. The van der Waals surface area contributed by atoms with Crippen molar-refractivity contribution >= 4 is 5.97 Å². The van der Waals surface area contributed by atoms with E-state index in [4.69, 9.17) is 5.11 Å². The van der Waals surface area contributed by atoms with Crippen LogP contribution in [0.5, 0.6) is 0 Å². The molecule has 0 aliphatic carbocycles. The first-order chi connectivity index (χ1) is 5.16. The third-order valence-electron chi connectivity index (χ3n) is 1.01. The molecular formula is C8H11FO2. The molecule has 0 rings (SSSR count). The number of unbranched alkanes of at least 4 members (excludes halogenated alkanes) is 1. The van der Waals surface area contributed by atoms with E-state index in [9.17, 15) is 9.18 Å². The van der Waals surface area contributed by atoms with Crippen molar-refractivity contribution < 1.29 is 14.3 Å². The molecule has 0 atom stereocenters. The van der Waals surface area contributed by atoms with Crippen molar-refractivity contribution in [2.45, 2.75) is 19.8 Å². The molecule has 2 nitrogen and oxygen atoms in total. The van der Waals surface area contributed by atoms with E-state index >= 15 is 0 Å². The zero-order valence-electron chi connectivity index (χ0n) is 6.38. The summed E-state index contributed by atoms with van der Waals surface area (Å²) in [6.45, 7) is 1.92. The van der Waals surface area contributed by atoms with E-state index in [0.717, 1.165) is 18.6 Å². The third kappa shape index (κ3) is 6.77. The molecule has 0 aliphatic heterocycles. The standard InChI is InChI=1S/C8H11FO2/c1-2-3-4-7(9)5-6-8(10)11/h4-6H,2-3H2,1H3,(H,10,11)/b6-5+,7-4-. The molecule has 0 aromatic carbocycles. The minimum Gasteiger partial charge on any atom is -0.478 e. The molecule has 3 heteroatoms. The molecule has 0 aromatic heterocycles. The van der Waals surface area contributed by atoms with Crippen LogP contribution in [0.1, 0.15) is 19.8 Å². The van der Waals surface area contributed by atoms with Crippen LogP contribution in [0.25, 0.3) is 0 Å². The maximum Gasteiger partial charge on any atom is 0.328 e. The number of aliphatic carboxylic acids is 1. The number of allylic oxidation sites excluding steroid dienone is 3. The minimum absolute atomic E-state index is 0.491. The van der Waals surface area contributed by atoms with Crippen LogP contribution in [0.2, 0.25) is 0 Å². The Kier molecular flexibility index (Phi) is 5.07. The van der Waals surface area contributed by atoms with E-state index in [2.05, 4.69) is 0 Å². The summed E-state index contributed by atoms with van der Waals surface area (Å²) in [4.78, 5) is 9.90. The highest BCUT2D eigenvalue weighted by Crippen LogP contribution is 2.01. The van der Waals surface area contributed by atoms with Gasteiger partial charge in [-0.15, -0.1) is 0 Å². The lowest BCUT2D eigenvalue weighted by Gasteiger charge is -1.85. The van der Waals surface area contributed by atoms with Crippen LogP contribution >= 0.6 is 0 Å². The van der Waals surface area contributed by atoms with Gasteiger partial charge in [-0.1, -0.05) is 13.3 Å². The number of hydrogen-bond donors (Lipinski definition) is 1. The van der Waals surface area contributed by atoms with E-state index < -0.39 is 11.8 Å². The van der Waals surface area contributed by atoms with Crippen molar-refractivity contribution in [1.29, 1.82) is 0 Å². The normalized spacial score (nSPS) is 12.4. The number of rotatable bonds is 4. The Labute approximate surface area is 65.0 Å². The van der Waals surface area contributed by atoms with E-state index in [0.29, 0.717) is 6.42 Å².